The van der Waals surface area contributed by atoms with Gasteiger partial charge in [-0.2, -0.15) is 0 Å². The molecule has 0 amide bonds. The molecule has 0 aliphatic heterocycles. The van der Waals surface area contributed by atoms with Gasteiger partial charge in [-0.3, -0.25) is 0 Å². The Bertz CT molecular complexity index is 427. The number of allylic oxidation sites excluding steroid dienone is 5. The molecule has 0 nitrogen and oxygen atoms in total. The maximum atomic E-state index is 6.18. The molecule has 2 rings (SSSR count). The van der Waals surface area contributed by atoms with Crippen LogP contribution in [0.4, 0.5) is 0 Å². The van der Waals surface area contributed by atoms with Crippen LogP contribution in [0.25, 0.3) is 6.08 Å². The smallest absolute Gasteiger partial charge is 0.0960 e. The molecule has 0 fully saturated rings. The molecular formula is C14H12Cl2. The highest BCUT2D eigenvalue weighted by atomic mass is 35.5. The molecule has 16 heavy (non-hydrogen) atoms. The van der Waals surface area contributed by atoms with Crippen molar-refractivity contribution in [2.75, 3.05) is 0 Å². The Morgan fingerprint density at radius 2 is 1.81 bits per heavy atom. The molecule has 0 spiro atoms. The highest BCUT2D eigenvalue weighted by Crippen LogP contribution is 2.36. The summed E-state index contributed by atoms with van der Waals surface area (Å²) in [6.45, 7) is 0. The quantitative estimate of drug-likeness (QED) is 0.673. The van der Waals surface area contributed by atoms with E-state index in [0.717, 1.165) is 5.56 Å². The first-order chi connectivity index (χ1) is 7.68. The number of hydrogen-bond acceptors (Lipinski definition) is 0. The molecule has 1 aromatic rings. The Morgan fingerprint density at radius 1 is 1.06 bits per heavy atom. The third-order valence-electron chi connectivity index (χ3n) is 2.49. The molecule has 1 unspecified atom stereocenters. The third-order valence-corrected chi connectivity index (χ3v) is 3.24. The van der Waals surface area contributed by atoms with Crippen LogP contribution in [0.1, 0.15) is 5.56 Å². The van der Waals surface area contributed by atoms with Crippen molar-refractivity contribution in [3.8, 4) is 0 Å². The third kappa shape index (κ3) is 2.78. The Kier molecular flexibility index (Phi) is 3.52. The van der Waals surface area contributed by atoms with Gasteiger partial charge < -0.3 is 0 Å². The molecule has 1 aromatic carbocycles. The number of halogens is 2. The Labute approximate surface area is 106 Å². The van der Waals surface area contributed by atoms with Crippen molar-refractivity contribution >= 4 is 29.3 Å². The molecule has 0 heterocycles. The average molecular weight is 251 g/mol. The zero-order valence-electron chi connectivity index (χ0n) is 8.68. The minimum Gasteiger partial charge on any atom is -0.0960 e. The Morgan fingerprint density at radius 3 is 2.50 bits per heavy atom. The summed E-state index contributed by atoms with van der Waals surface area (Å²) < 4.78 is -0.833. The number of rotatable bonds is 2. The molecule has 1 atom stereocenters. The lowest BCUT2D eigenvalue weighted by molar-refractivity contribution is 0.774. The second-order valence-corrected chi connectivity index (χ2v) is 5.16. The van der Waals surface area contributed by atoms with E-state index in [4.69, 9.17) is 23.2 Å². The van der Waals surface area contributed by atoms with Gasteiger partial charge >= 0.3 is 0 Å². The van der Waals surface area contributed by atoms with Crippen molar-refractivity contribution in [1.29, 1.82) is 0 Å². The predicted octanol–water partition coefficient (Wildman–Crippen LogP) is 4.62. The summed E-state index contributed by atoms with van der Waals surface area (Å²) in [4.78, 5) is 0. The SMILES string of the molecule is ClC1(Cl)C=CC=CC1C=Cc1ccccc1. The molecule has 2 heteroatoms. The fourth-order valence-electron chi connectivity index (χ4n) is 1.58. The van der Waals surface area contributed by atoms with Gasteiger partial charge in [0.2, 0.25) is 0 Å². The summed E-state index contributed by atoms with van der Waals surface area (Å²) in [7, 11) is 0. The van der Waals surface area contributed by atoms with Crippen molar-refractivity contribution in [3.63, 3.8) is 0 Å². The molecule has 0 aromatic heterocycles. The van der Waals surface area contributed by atoms with Crippen LogP contribution >= 0.6 is 23.2 Å². The fourth-order valence-corrected chi connectivity index (χ4v) is 2.01. The summed E-state index contributed by atoms with van der Waals surface area (Å²) in [5, 5.41) is 0. The zero-order chi connectivity index (χ0) is 11.4. The highest BCUT2D eigenvalue weighted by molar-refractivity contribution is 6.50. The fraction of sp³-hybridized carbons (Fsp3) is 0.143. The van der Waals surface area contributed by atoms with Gasteiger partial charge in [-0.1, -0.05) is 83.9 Å². The molecule has 0 saturated carbocycles. The number of benzene rings is 1. The first-order valence-corrected chi connectivity index (χ1v) is 5.91. The average Bonchev–Trinajstić information content (AvgIpc) is 2.28. The first-order valence-electron chi connectivity index (χ1n) is 5.15. The molecule has 82 valence electrons. The normalized spacial score (nSPS) is 22.8. The first kappa shape index (κ1) is 11.5. The molecule has 0 saturated heterocycles. The van der Waals surface area contributed by atoms with Gasteiger partial charge in [-0.05, 0) is 11.6 Å². The van der Waals surface area contributed by atoms with Crippen LogP contribution in [0.5, 0.6) is 0 Å². The van der Waals surface area contributed by atoms with E-state index in [-0.39, 0.29) is 5.92 Å². The topological polar surface area (TPSA) is 0 Å². The predicted molar refractivity (Wildman–Crippen MR) is 71.7 cm³/mol. The van der Waals surface area contributed by atoms with E-state index < -0.39 is 4.33 Å². The van der Waals surface area contributed by atoms with Gasteiger partial charge in [-0.15, -0.1) is 0 Å². The lowest BCUT2D eigenvalue weighted by Crippen LogP contribution is -2.21. The van der Waals surface area contributed by atoms with Crippen LogP contribution in [-0.2, 0) is 0 Å². The van der Waals surface area contributed by atoms with Crippen molar-refractivity contribution in [2.24, 2.45) is 5.92 Å². The van der Waals surface area contributed by atoms with Gasteiger partial charge in [0.05, 0.1) is 0 Å². The van der Waals surface area contributed by atoms with Gasteiger partial charge in [0.25, 0.3) is 0 Å². The molecule has 1 aliphatic carbocycles. The lowest BCUT2D eigenvalue weighted by atomic mass is 9.98. The highest BCUT2D eigenvalue weighted by Gasteiger charge is 2.29. The number of hydrogen-bond donors (Lipinski definition) is 0. The molecule has 0 bridgehead atoms. The van der Waals surface area contributed by atoms with Crippen molar-refractivity contribution < 1.29 is 0 Å². The van der Waals surface area contributed by atoms with Crippen LogP contribution < -0.4 is 0 Å². The monoisotopic (exact) mass is 250 g/mol. The van der Waals surface area contributed by atoms with E-state index in [1.165, 1.54) is 0 Å². The second-order valence-electron chi connectivity index (χ2n) is 3.71. The van der Waals surface area contributed by atoms with Gasteiger partial charge in [0.1, 0.15) is 4.33 Å². The Hall–Kier alpha value is -0.980. The summed E-state index contributed by atoms with van der Waals surface area (Å²) in [5.74, 6) is 0.0149. The summed E-state index contributed by atoms with van der Waals surface area (Å²) in [6, 6.07) is 10.1. The summed E-state index contributed by atoms with van der Waals surface area (Å²) in [5.41, 5.74) is 1.15. The van der Waals surface area contributed by atoms with Crippen LogP contribution in [0.15, 0.2) is 60.7 Å². The minimum atomic E-state index is -0.833. The molecule has 0 N–H and O–H groups in total. The molecule has 1 aliphatic rings. The van der Waals surface area contributed by atoms with E-state index in [1.807, 2.05) is 60.7 Å². The minimum absolute atomic E-state index is 0.0149. The van der Waals surface area contributed by atoms with Crippen molar-refractivity contribution in [2.45, 2.75) is 4.33 Å². The van der Waals surface area contributed by atoms with Gasteiger partial charge in [0.15, 0.2) is 0 Å². The lowest BCUT2D eigenvalue weighted by Gasteiger charge is -2.23. The van der Waals surface area contributed by atoms with Gasteiger partial charge in [-0.25, -0.2) is 0 Å². The van der Waals surface area contributed by atoms with Gasteiger partial charge in [0, 0.05) is 5.92 Å². The van der Waals surface area contributed by atoms with Crippen LogP contribution in [0.2, 0.25) is 0 Å². The van der Waals surface area contributed by atoms with Crippen molar-refractivity contribution in [3.05, 3.63) is 66.3 Å². The second kappa shape index (κ2) is 4.90. The summed E-state index contributed by atoms with van der Waals surface area (Å²) >= 11 is 12.4. The maximum Gasteiger partial charge on any atom is 0.146 e. The van der Waals surface area contributed by atoms with E-state index >= 15 is 0 Å². The van der Waals surface area contributed by atoms with Crippen LogP contribution in [0, 0.1) is 5.92 Å². The zero-order valence-corrected chi connectivity index (χ0v) is 10.2. The van der Waals surface area contributed by atoms with Crippen LogP contribution in [0.3, 0.4) is 0 Å². The van der Waals surface area contributed by atoms with E-state index in [2.05, 4.69) is 0 Å². The molecular weight excluding hydrogens is 239 g/mol. The van der Waals surface area contributed by atoms with Crippen LogP contribution in [-0.4, -0.2) is 4.33 Å². The molecule has 0 radical (unpaired) electrons. The largest absolute Gasteiger partial charge is 0.146 e. The standard InChI is InChI=1S/C14H12Cl2/c15-14(16)11-5-4-8-13(14)10-9-12-6-2-1-3-7-12/h1-11,13H. The summed E-state index contributed by atoms with van der Waals surface area (Å²) in [6.07, 6.45) is 11.7. The van der Waals surface area contributed by atoms with Crippen molar-refractivity contribution in [1.82, 2.24) is 0 Å². The van der Waals surface area contributed by atoms with E-state index in [1.54, 1.807) is 6.08 Å². The Balaban J connectivity index is 2.13. The van der Waals surface area contributed by atoms with E-state index in [0.29, 0.717) is 0 Å². The van der Waals surface area contributed by atoms with E-state index in [9.17, 15) is 0 Å². The number of alkyl halides is 2. The maximum absolute atomic E-state index is 6.18.